The zero-order valence-corrected chi connectivity index (χ0v) is 11.1. The number of carbonyl (C=O) groups is 1. The van der Waals surface area contributed by atoms with Gasteiger partial charge in [-0.25, -0.2) is 4.79 Å². The highest BCUT2D eigenvalue weighted by Gasteiger charge is 2.77. The van der Waals surface area contributed by atoms with Crippen LogP contribution < -0.4 is 0 Å². The molecule has 4 aliphatic rings. The summed E-state index contributed by atoms with van der Waals surface area (Å²) >= 11 is 0. The summed E-state index contributed by atoms with van der Waals surface area (Å²) in [7, 11) is 0. The van der Waals surface area contributed by atoms with Crippen LogP contribution in [0.1, 0.15) is 39.5 Å². The standard InChI is InChI=1S/C15H20O3/c1-8-5-4-6-14(3)7-10-11(9(2)13(16)17-10)12-15(8,14)18-12/h8,10-12H,2,4-7H2,1,3H3/t8-,10+,11-,12-,14+,15-/m0/s1. The maximum absolute atomic E-state index is 11.7. The molecule has 2 saturated carbocycles. The van der Waals surface area contributed by atoms with Crippen LogP contribution in [0.3, 0.4) is 0 Å². The van der Waals surface area contributed by atoms with Crippen molar-refractivity contribution >= 4 is 5.97 Å². The maximum Gasteiger partial charge on any atom is 0.334 e. The van der Waals surface area contributed by atoms with Crippen molar-refractivity contribution in [1.82, 2.24) is 0 Å². The molecule has 0 aromatic carbocycles. The van der Waals surface area contributed by atoms with E-state index in [9.17, 15) is 4.79 Å². The minimum Gasteiger partial charge on any atom is -0.458 e. The van der Waals surface area contributed by atoms with Crippen LogP contribution in [-0.2, 0) is 14.3 Å². The highest BCUT2D eigenvalue weighted by molar-refractivity contribution is 5.91. The molecule has 18 heavy (non-hydrogen) atoms. The molecule has 0 aromatic heterocycles. The van der Waals surface area contributed by atoms with E-state index in [-0.39, 0.29) is 35.1 Å². The van der Waals surface area contributed by atoms with Crippen LogP contribution in [0.15, 0.2) is 12.2 Å². The Bertz CT molecular complexity index is 457. The number of epoxide rings is 1. The lowest BCUT2D eigenvalue weighted by Gasteiger charge is -2.48. The van der Waals surface area contributed by atoms with Gasteiger partial charge in [0.05, 0.1) is 12.0 Å². The largest absolute Gasteiger partial charge is 0.458 e. The van der Waals surface area contributed by atoms with E-state index in [4.69, 9.17) is 9.47 Å². The minimum atomic E-state index is -0.203. The molecular formula is C15H20O3. The van der Waals surface area contributed by atoms with Crippen molar-refractivity contribution in [3.05, 3.63) is 12.2 Å². The predicted molar refractivity (Wildman–Crippen MR) is 65.9 cm³/mol. The van der Waals surface area contributed by atoms with Crippen LogP contribution in [0.5, 0.6) is 0 Å². The van der Waals surface area contributed by atoms with E-state index in [2.05, 4.69) is 20.4 Å². The van der Waals surface area contributed by atoms with E-state index in [1.165, 1.54) is 19.3 Å². The Morgan fingerprint density at radius 2 is 2.22 bits per heavy atom. The Kier molecular flexibility index (Phi) is 1.84. The van der Waals surface area contributed by atoms with Gasteiger partial charge in [0, 0.05) is 11.0 Å². The van der Waals surface area contributed by atoms with E-state index in [0.717, 1.165) is 6.42 Å². The molecule has 1 spiro atoms. The van der Waals surface area contributed by atoms with Crippen molar-refractivity contribution in [3.8, 4) is 0 Å². The molecule has 4 fully saturated rings. The molecule has 3 heteroatoms. The van der Waals surface area contributed by atoms with Crippen LogP contribution >= 0.6 is 0 Å². The molecule has 2 aliphatic heterocycles. The minimum absolute atomic E-state index is 0.00331. The zero-order chi connectivity index (χ0) is 12.7. The molecule has 2 heterocycles. The van der Waals surface area contributed by atoms with Gasteiger partial charge in [-0.15, -0.1) is 0 Å². The van der Waals surface area contributed by atoms with E-state index < -0.39 is 0 Å². The number of hydrogen-bond donors (Lipinski definition) is 0. The highest BCUT2D eigenvalue weighted by Crippen LogP contribution is 2.70. The first-order valence-electron chi connectivity index (χ1n) is 7.07. The fraction of sp³-hybridized carbons (Fsp3) is 0.800. The molecule has 98 valence electrons. The van der Waals surface area contributed by atoms with Crippen LogP contribution in [0, 0.1) is 17.3 Å². The first kappa shape index (κ1) is 11.0. The summed E-state index contributed by atoms with van der Waals surface area (Å²) in [5.74, 6) is 0.502. The van der Waals surface area contributed by atoms with E-state index in [1.54, 1.807) is 0 Å². The van der Waals surface area contributed by atoms with Gasteiger partial charge in [0.25, 0.3) is 0 Å². The van der Waals surface area contributed by atoms with Gasteiger partial charge < -0.3 is 9.47 Å². The van der Waals surface area contributed by atoms with Gasteiger partial charge >= 0.3 is 5.97 Å². The average molecular weight is 248 g/mol. The fourth-order valence-electron chi connectivity index (χ4n) is 5.10. The van der Waals surface area contributed by atoms with Gasteiger partial charge in [-0.1, -0.05) is 26.8 Å². The Labute approximate surface area is 108 Å². The molecule has 0 aromatic rings. The van der Waals surface area contributed by atoms with Crippen molar-refractivity contribution in [1.29, 1.82) is 0 Å². The Morgan fingerprint density at radius 1 is 1.44 bits per heavy atom. The summed E-state index contributed by atoms with van der Waals surface area (Å²) in [5.41, 5.74) is 0.826. The number of hydrogen-bond acceptors (Lipinski definition) is 3. The predicted octanol–water partition coefficient (Wildman–Crippen LogP) is 2.45. The molecule has 3 nitrogen and oxygen atoms in total. The lowest BCUT2D eigenvalue weighted by molar-refractivity contribution is -0.142. The van der Waals surface area contributed by atoms with E-state index >= 15 is 0 Å². The van der Waals surface area contributed by atoms with Gasteiger partial charge in [-0.3, -0.25) is 0 Å². The number of esters is 1. The van der Waals surface area contributed by atoms with Crippen molar-refractivity contribution in [3.63, 3.8) is 0 Å². The van der Waals surface area contributed by atoms with Crippen molar-refractivity contribution in [2.45, 2.75) is 57.3 Å². The van der Waals surface area contributed by atoms with Crippen molar-refractivity contribution in [2.24, 2.45) is 17.3 Å². The second-order valence-corrected chi connectivity index (χ2v) is 6.88. The first-order valence-corrected chi connectivity index (χ1v) is 7.07. The third kappa shape index (κ3) is 1.00. The summed E-state index contributed by atoms with van der Waals surface area (Å²) in [4.78, 5) is 11.7. The number of fused-ring (bicyclic) bond motifs is 2. The fourth-order valence-corrected chi connectivity index (χ4v) is 5.10. The van der Waals surface area contributed by atoms with E-state index in [1.807, 2.05) is 0 Å². The average Bonchev–Trinajstić information content (AvgIpc) is 2.98. The van der Waals surface area contributed by atoms with Gasteiger partial charge in [0.2, 0.25) is 0 Å². The Morgan fingerprint density at radius 3 is 3.00 bits per heavy atom. The molecule has 6 atom stereocenters. The summed E-state index contributed by atoms with van der Waals surface area (Å²) in [5, 5.41) is 0. The van der Waals surface area contributed by atoms with Crippen LogP contribution in [0.25, 0.3) is 0 Å². The lowest BCUT2D eigenvalue weighted by atomic mass is 9.54. The maximum atomic E-state index is 11.7. The van der Waals surface area contributed by atoms with E-state index in [0.29, 0.717) is 11.5 Å². The quantitative estimate of drug-likeness (QED) is 0.375. The molecule has 2 saturated heterocycles. The smallest absolute Gasteiger partial charge is 0.334 e. The van der Waals surface area contributed by atoms with Crippen molar-refractivity contribution in [2.75, 3.05) is 0 Å². The molecule has 0 amide bonds. The normalized spacial score (nSPS) is 57.4. The first-order chi connectivity index (χ1) is 8.49. The Hall–Kier alpha value is -0.830. The van der Waals surface area contributed by atoms with Gasteiger partial charge in [-0.2, -0.15) is 0 Å². The van der Waals surface area contributed by atoms with Gasteiger partial charge in [0.15, 0.2) is 0 Å². The topological polar surface area (TPSA) is 38.8 Å². The lowest BCUT2D eigenvalue weighted by Crippen LogP contribution is -2.53. The number of ether oxygens (including phenoxy) is 2. The van der Waals surface area contributed by atoms with Crippen LogP contribution in [0.4, 0.5) is 0 Å². The van der Waals surface area contributed by atoms with Crippen LogP contribution in [0.2, 0.25) is 0 Å². The molecule has 4 rings (SSSR count). The summed E-state index contributed by atoms with van der Waals surface area (Å²) < 4.78 is 11.7. The molecule has 0 radical (unpaired) electrons. The molecule has 2 aliphatic carbocycles. The highest BCUT2D eigenvalue weighted by atomic mass is 16.6. The Balaban J connectivity index is 1.77. The number of rotatable bonds is 0. The van der Waals surface area contributed by atoms with Crippen molar-refractivity contribution < 1.29 is 14.3 Å². The van der Waals surface area contributed by atoms with Crippen LogP contribution in [-0.4, -0.2) is 23.8 Å². The SMILES string of the molecule is C=C1C(=O)O[C@@H]2C[C@@]3(C)CCC[C@H](C)[C@@]34O[C@H]4[C@@H]12. The summed E-state index contributed by atoms with van der Waals surface area (Å²) in [6.07, 6.45) is 4.84. The third-order valence-corrected chi connectivity index (χ3v) is 6.03. The second kappa shape index (κ2) is 3.01. The number of carbonyl (C=O) groups excluding carboxylic acids is 1. The molecular weight excluding hydrogens is 228 g/mol. The molecule has 0 N–H and O–H groups in total. The van der Waals surface area contributed by atoms with Gasteiger partial charge in [-0.05, 0) is 25.2 Å². The summed E-state index contributed by atoms with van der Waals surface area (Å²) in [6, 6.07) is 0. The zero-order valence-electron chi connectivity index (χ0n) is 11.1. The summed E-state index contributed by atoms with van der Waals surface area (Å²) in [6.45, 7) is 8.56. The second-order valence-electron chi connectivity index (χ2n) is 6.88. The molecule has 0 bridgehead atoms. The third-order valence-electron chi connectivity index (χ3n) is 6.03. The monoisotopic (exact) mass is 248 g/mol. The van der Waals surface area contributed by atoms with Gasteiger partial charge in [0.1, 0.15) is 11.7 Å². The molecule has 0 unspecified atom stereocenters.